The van der Waals surface area contributed by atoms with Crippen LogP contribution >= 0.6 is 15.9 Å². The molecule has 1 nitrogen and oxygen atoms in total. The van der Waals surface area contributed by atoms with E-state index in [1.165, 1.54) is 47.0 Å². The van der Waals surface area contributed by atoms with Crippen LogP contribution in [-0.4, -0.2) is 6.04 Å². The Morgan fingerprint density at radius 3 is 2.53 bits per heavy atom. The minimum absolute atomic E-state index is 0.692. The summed E-state index contributed by atoms with van der Waals surface area (Å²) in [5, 5.41) is 3.66. The van der Waals surface area contributed by atoms with Crippen molar-refractivity contribution in [1.29, 1.82) is 0 Å². The highest BCUT2D eigenvalue weighted by Gasteiger charge is 2.15. The first-order chi connectivity index (χ1) is 7.16. The molecule has 1 N–H and O–H groups in total. The number of anilines is 1. The Kier molecular flexibility index (Phi) is 3.35. The minimum atomic E-state index is 0.692. The molecule has 2 rings (SSSR count). The van der Waals surface area contributed by atoms with E-state index in [1.807, 2.05) is 0 Å². The normalized spacial score (nSPS) is 17.0. The molecule has 0 spiro atoms. The number of hydrogen-bond donors (Lipinski definition) is 1. The lowest BCUT2D eigenvalue weighted by molar-refractivity contribution is 0.754. The van der Waals surface area contributed by atoms with Crippen molar-refractivity contribution >= 4 is 21.6 Å². The molecule has 1 saturated carbocycles. The number of nitrogens with one attached hydrogen (secondary N) is 1. The summed E-state index contributed by atoms with van der Waals surface area (Å²) in [6.45, 7) is 4.36. The van der Waals surface area contributed by atoms with Gasteiger partial charge in [-0.2, -0.15) is 0 Å². The summed E-state index contributed by atoms with van der Waals surface area (Å²) in [7, 11) is 0. The van der Waals surface area contributed by atoms with Crippen molar-refractivity contribution in [2.45, 2.75) is 45.6 Å². The van der Waals surface area contributed by atoms with Crippen molar-refractivity contribution in [3.8, 4) is 0 Å². The van der Waals surface area contributed by atoms with Crippen molar-refractivity contribution in [1.82, 2.24) is 0 Å². The van der Waals surface area contributed by atoms with E-state index < -0.39 is 0 Å². The smallest absolute Gasteiger partial charge is 0.0386 e. The first kappa shape index (κ1) is 11.0. The van der Waals surface area contributed by atoms with Crippen LogP contribution in [0.2, 0.25) is 0 Å². The minimum Gasteiger partial charge on any atom is -0.382 e. The molecule has 0 atom stereocenters. The molecule has 1 aliphatic rings. The molecule has 1 aromatic carbocycles. The molecule has 1 fully saturated rings. The Morgan fingerprint density at radius 1 is 1.20 bits per heavy atom. The van der Waals surface area contributed by atoms with Crippen LogP contribution in [0.25, 0.3) is 0 Å². The molecule has 82 valence electrons. The molecule has 1 aromatic rings. The molecule has 0 saturated heterocycles. The lowest BCUT2D eigenvalue weighted by atomic mass is 10.1. The van der Waals surface area contributed by atoms with Crippen molar-refractivity contribution in [2.75, 3.05) is 5.32 Å². The number of hydrogen-bond acceptors (Lipinski definition) is 1. The van der Waals surface area contributed by atoms with Gasteiger partial charge in [0.15, 0.2) is 0 Å². The third kappa shape index (κ3) is 2.54. The van der Waals surface area contributed by atoms with Crippen LogP contribution in [0.5, 0.6) is 0 Å². The first-order valence-electron chi connectivity index (χ1n) is 5.70. The molecule has 0 bridgehead atoms. The number of benzene rings is 1. The highest BCUT2D eigenvalue weighted by Crippen LogP contribution is 2.28. The molecule has 2 heteroatoms. The van der Waals surface area contributed by atoms with E-state index in [0.29, 0.717) is 6.04 Å². The van der Waals surface area contributed by atoms with Crippen LogP contribution in [-0.2, 0) is 0 Å². The monoisotopic (exact) mass is 267 g/mol. The molecule has 15 heavy (non-hydrogen) atoms. The highest BCUT2D eigenvalue weighted by atomic mass is 79.9. The number of aryl methyl sites for hydroxylation is 1. The van der Waals surface area contributed by atoms with Gasteiger partial charge in [-0.15, -0.1) is 0 Å². The summed E-state index contributed by atoms with van der Waals surface area (Å²) in [6, 6.07) is 5.06. The summed E-state index contributed by atoms with van der Waals surface area (Å²) in [5.41, 5.74) is 4.03. The van der Waals surface area contributed by atoms with Gasteiger partial charge in [-0.25, -0.2) is 0 Å². The van der Waals surface area contributed by atoms with Crippen LogP contribution < -0.4 is 5.32 Å². The second-order valence-electron chi connectivity index (χ2n) is 4.52. The van der Waals surface area contributed by atoms with Gasteiger partial charge in [-0.1, -0.05) is 28.8 Å². The van der Waals surface area contributed by atoms with Crippen molar-refractivity contribution < 1.29 is 0 Å². The predicted octanol–water partition coefficient (Wildman–Crippen LogP) is 4.42. The molecule has 0 radical (unpaired) electrons. The zero-order chi connectivity index (χ0) is 10.8. The Balaban J connectivity index is 2.19. The standard InChI is InChI=1S/C13H18BrN/c1-9-7-11(14)8-13(10(9)2)15-12-5-3-4-6-12/h7-8,12,15H,3-6H2,1-2H3. The third-order valence-corrected chi connectivity index (χ3v) is 3.80. The van der Waals surface area contributed by atoms with Gasteiger partial charge in [0.1, 0.15) is 0 Å². The van der Waals surface area contributed by atoms with Gasteiger partial charge in [0, 0.05) is 16.2 Å². The Morgan fingerprint density at radius 2 is 1.87 bits per heavy atom. The van der Waals surface area contributed by atoms with E-state index in [9.17, 15) is 0 Å². The molecule has 0 aromatic heterocycles. The van der Waals surface area contributed by atoms with E-state index in [2.05, 4.69) is 47.2 Å². The Bertz CT molecular complexity index is 354. The van der Waals surface area contributed by atoms with E-state index in [0.717, 1.165) is 0 Å². The average Bonchev–Trinajstić information content (AvgIpc) is 2.66. The van der Waals surface area contributed by atoms with Gasteiger partial charge in [0.05, 0.1) is 0 Å². The average molecular weight is 268 g/mol. The zero-order valence-electron chi connectivity index (χ0n) is 9.44. The van der Waals surface area contributed by atoms with E-state index in [-0.39, 0.29) is 0 Å². The molecular formula is C13H18BrN. The first-order valence-corrected chi connectivity index (χ1v) is 6.49. The summed E-state index contributed by atoms with van der Waals surface area (Å²) >= 11 is 3.56. The number of halogens is 1. The molecule has 1 aliphatic carbocycles. The Hall–Kier alpha value is -0.500. The topological polar surface area (TPSA) is 12.0 Å². The summed E-state index contributed by atoms with van der Waals surface area (Å²) in [5.74, 6) is 0. The fraction of sp³-hybridized carbons (Fsp3) is 0.538. The zero-order valence-corrected chi connectivity index (χ0v) is 11.0. The molecular weight excluding hydrogens is 250 g/mol. The van der Waals surface area contributed by atoms with E-state index in [1.54, 1.807) is 0 Å². The second-order valence-corrected chi connectivity index (χ2v) is 5.44. The van der Waals surface area contributed by atoms with Gasteiger partial charge in [0.2, 0.25) is 0 Å². The van der Waals surface area contributed by atoms with E-state index >= 15 is 0 Å². The number of rotatable bonds is 2. The summed E-state index contributed by atoms with van der Waals surface area (Å²) in [6.07, 6.45) is 5.41. The van der Waals surface area contributed by atoms with E-state index in [4.69, 9.17) is 0 Å². The quantitative estimate of drug-likeness (QED) is 0.837. The second kappa shape index (κ2) is 4.56. The van der Waals surface area contributed by atoms with Crippen molar-refractivity contribution in [3.05, 3.63) is 27.7 Å². The van der Waals surface area contributed by atoms with Crippen LogP contribution in [0.1, 0.15) is 36.8 Å². The Labute approximate surface area is 100 Å². The highest BCUT2D eigenvalue weighted by molar-refractivity contribution is 9.10. The maximum atomic E-state index is 3.66. The van der Waals surface area contributed by atoms with Crippen LogP contribution in [0.15, 0.2) is 16.6 Å². The van der Waals surface area contributed by atoms with Gasteiger partial charge < -0.3 is 5.32 Å². The SMILES string of the molecule is Cc1cc(Br)cc(NC2CCCC2)c1C. The van der Waals surface area contributed by atoms with Crippen molar-refractivity contribution in [3.63, 3.8) is 0 Å². The van der Waals surface area contributed by atoms with Crippen LogP contribution in [0.3, 0.4) is 0 Å². The lowest BCUT2D eigenvalue weighted by Crippen LogP contribution is -2.15. The predicted molar refractivity (Wildman–Crippen MR) is 69.5 cm³/mol. The van der Waals surface area contributed by atoms with Crippen LogP contribution in [0.4, 0.5) is 5.69 Å². The summed E-state index contributed by atoms with van der Waals surface area (Å²) < 4.78 is 1.17. The van der Waals surface area contributed by atoms with Gasteiger partial charge >= 0.3 is 0 Å². The molecule has 0 heterocycles. The van der Waals surface area contributed by atoms with Crippen molar-refractivity contribution in [2.24, 2.45) is 0 Å². The van der Waals surface area contributed by atoms with Gasteiger partial charge in [-0.3, -0.25) is 0 Å². The molecule has 0 aliphatic heterocycles. The maximum Gasteiger partial charge on any atom is 0.0386 e. The van der Waals surface area contributed by atoms with Gasteiger partial charge in [0.25, 0.3) is 0 Å². The largest absolute Gasteiger partial charge is 0.382 e. The van der Waals surface area contributed by atoms with Crippen LogP contribution in [0, 0.1) is 13.8 Å². The molecule has 0 unspecified atom stereocenters. The third-order valence-electron chi connectivity index (χ3n) is 3.35. The fourth-order valence-electron chi connectivity index (χ4n) is 2.26. The molecule has 0 amide bonds. The lowest BCUT2D eigenvalue weighted by Gasteiger charge is -2.17. The summed E-state index contributed by atoms with van der Waals surface area (Å²) in [4.78, 5) is 0. The fourth-order valence-corrected chi connectivity index (χ4v) is 2.83. The maximum absolute atomic E-state index is 3.66. The van der Waals surface area contributed by atoms with Gasteiger partial charge in [-0.05, 0) is 49.9 Å².